The van der Waals surface area contributed by atoms with Crippen molar-refractivity contribution in [1.29, 1.82) is 0 Å². The second-order valence-electron chi connectivity index (χ2n) is 6.66. The van der Waals surface area contributed by atoms with E-state index in [1.54, 1.807) is 12.1 Å². The molecule has 0 aliphatic carbocycles. The van der Waals surface area contributed by atoms with Crippen molar-refractivity contribution in [2.24, 2.45) is 4.99 Å². The number of anilines is 1. The number of hydrogen-bond donors (Lipinski definition) is 3. The van der Waals surface area contributed by atoms with Gasteiger partial charge in [-0.3, -0.25) is 4.72 Å². The number of nitrogens with zero attached hydrogens (tertiary/aromatic N) is 1. The van der Waals surface area contributed by atoms with Gasteiger partial charge >= 0.3 is 0 Å². The van der Waals surface area contributed by atoms with Gasteiger partial charge in [-0.15, -0.1) is 24.0 Å². The monoisotopic (exact) mass is 530 g/mol. The van der Waals surface area contributed by atoms with Gasteiger partial charge in [0.25, 0.3) is 0 Å². The zero-order valence-corrected chi connectivity index (χ0v) is 19.7. The van der Waals surface area contributed by atoms with Crippen LogP contribution in [0.15, 0.2) is 53.5 Å². The van der Waals surface area contributed by atoms with Gasteiger partial charge in [-0.1, -0.05) is 36.4 Å². The molecule has 158 valence electrons. The van der Waals surface area contributed by atoms with Crippen LogP contribution in [0.2, 0.25) is 0 Å². The highest BCUT2D eigenvalue weighted by molar-refractivity contribution is 14.0. The van der Waals surface area contributed by atoms with E-state index in [1.807, 2.05) is 37.3 Å². The molecule has 1 heterocycles. The topological polar surface area (TPSA) is 91.8 Å². The van der Waals surface area contributed by atoms with E-state index in [0.717, 1.165) is 30.5 Å². The van der Waals surface area contributed by atoms with E-state index in [1.165, 1.54) is 5.56 Å². The lowest BCUT2D eigenvalue weighted by Gasteiger charge is -2.16. The summed E-state index contributed by atoms with van der Waals surface area (Å²) in [6.07, 6.45) is 2.06. The van der Waals surface area contributed by atoms with Gasteiger partial charge in [0.2, 0.25) is 10.0 Å². The number of sulfonamides is 1. The molecule has 0 radical (unpaired) electrons. The molecule has 0 saturated heterocycles. The molecule has 1 aliphatic heterocycles. The lowest BCUT2D eigenvalue weighted by Crippen LogP contribution is -2.42. The van der Waals surface area contributed by atoms with E-state index < -0.39 is 10.0 Å². The summed E-state index contributed by atoms with van der Waals surface area (Å²) < 4.78 is 31.6. The first-order valence-electron chi connectivity index (χ1n) is 9.27. The van der Waals surface area contributed by atoms with Crippen LogP contribution in [0.25, 0.3) is 0 Å². The quantitative estimate of drug-likeness (QED) is 0.291. The number of aliphatic imine (C=N–C) groups is 1. The molecule has 0 spiro atoms. The number of benzene rings is 2. The van der Waals surface area contributed by atoms with Crippen LogP contribution in [0.4, 0.5) is 5.69 Å². The molecular weight excluding hydrogens is 503 g/mol. The maximum atomic E-state index is 11.6. The maximum Gasteiger partial charge on any atom is 0.229 e. The molecule has 7 nitrogen and oxygen atoms in total. The average molecular weight is 530 g/mol. The number of rotatable bonds is 7. The lowest BCUT2D eigenvalue weighted by molar-refractivity contribution is 0.235. The largest absolute Gasteiger partial charge is 0.488 e. The van der Waals surface area contributed by atoms with Crippen molar-refractivity contribution in [2.45, 2.75) is 26.0 Å². The number of ether oxygens (including phenoxy) is 1. The summed E-state index contributed by atoms with van der Waals surface area (Å²) in [6.45, 7) is 3.70. The van der Waals surface area contributed by atoms with E-state index in [0.29, 0.717) is 24.7 Å². The fraction of sp³-hybridized carbons (Fsp3) is 0.350. The fourth-order valence-electron chi connectivity index (χ4n) is 3.04. The van der Waals surface area contributed by atoms with E-state index in [9.17, 15) is 8.42 Å². The van der Waals surface area contributed by atoms with Crippen LogP contribution in [-0.2, 0) is 23.0 Å². The van der Waals surface area contributed by atoms with Crippen LogP contribution in [-0.4, -0.2) is 39.8 Å². The Hall–Kier alpha value is -2.01. The predicted octanol–water partition coefficient (Wildman–Crippen LogP) is 2.73. The second kappa shape index (κ2) is 10.7. The minimum Gasteiger partial charge on any atom is -0.488 e. The van der Waals surface area contributed by atoms with Crippen molar-refractivity contribution < 1.29 is 13.2 Å². The van der Waals surface area contributed by atoms with E-state index in [-0.39, 0.29) is 30.1 Å². The highest BCUT2D eigenvalue weighted by atomic mass is 127. The van der Waals surface area contributed by atoms with E-state index in [4.69, 9.17) is 4.74 Å². The first-order valence-corrected chi connectivity index (χ1v) is 11.2. The second-order valence-corrected chi connectivity index (χ2v) is 8.41. The Balaban J connectivity index is 0.00000300. The zero-order chi connectivity index (χ0) is 20.0. The Morgan fingerprint density at radius 1 is 1.14 bits per heavy atom. The molecule has 0 amide bonds. The van der Waals surface area contributed by atoms with Crippen molar-refractivity contribution in [3.8, 4) is 5.75 Å². The number of guanidine groups is 1. The third-order valence-electron chi connectivity index (χ3n) is 4.28. The van der Waals surface area contributed by atoms with Gasteiger partial charge in [0.05, 0.1) is 25.0 Å². The van der Waals surface area contributed by atoms with Gasteiger partial charge in [0, 0.05) is 13.0 Å². The van der Waals surface area contributed by atoms with Gasteiger partial charge in [-0.2, -0.15) is 0 Å². The molecular formula is C20H27IN4O3S. The molecule has 2 aromatic carbocycles. The molecule has 1 unspecified atom stereocenters. The zero-order valence-electron chi connectivity index (χ0n) is 16.5. The van der Waals surface area contributed by atoms with E-state index >= 15 is 0 Å². The normalized spacial score (nSPS) is 15.7. The van der Waals surface area contributed by atoms with Crippen LogP contribution < -0.4 is 20.1 Å². The van der Waals surface area contributed by atoms with Crippen molar-refractivity contribution in [2.75, 3.05) is 24.1 Å². The third kappa shape index (κ3) is 7.07. The number of nitrogens with one attached hydrogen (secondary N) is 3. The summed E-state index contributed by atoms with van der Waals surface area (Å²) >= 11 is 0. The van der Waals surface area contributed by atoms with Crippen molar-refractivity contribution in [1.82, 2.24) is 10.6 Å². The Morgan fingerprint density at radius 3 is 2.59 bits per heavy atom. The van der Waals surface area contributed by atoms with Crippen molar-refractivity contribution in [3.63, 3.8) is 0 Å². The standard InChI is InChI=1S/C20H26N4O3S.HI/c1-3-21-20(23-14-17-12-15-8-5-7-11-19(15)27-17)22-13-16-9-4-6-10-18(16)24-28(2,25)26;/h4-11,17,24H,3,12-14H2,1-2H3,(H2,21,22,23);1H. The Kier molecular flexibility index (Phi) is 8.57. The molecule has 1 aliphatic rings. The highest BCUT2D eigenvalue weighted by Crippen LogP contribution is 2.27. The van der Waals surface area contributed by atoms with Crippen LogP contribution in [0.1, 0.15) is 18.1 Å². The molecule has 0 saturated carbocycles. The first kappa shape index (κ1) is 23.3. The van der Waals surface area contributed by atoms with Gasteiger partial charge in [-0.05, 0) is 30.2 Å². The maximum absolute atomic E-state index is 11.6. The Morgan fingerprint density at radius 2 is 1.86 bits per heavy atom. The van der Waals surface area contributed by atoms with Gasteiger partial charge < -0.3 is 15.4 Å². The summed E-state index contributed by atoms with van der Waals surface area (Å²) in [5.41, 5.74) is 2.56. The van der Waals surface area contributed by atoms with Gasteiger partial charge in [-0.25, -0.2) is 13.4 Å². The summed E-state index contributed by atoms with van der Waals surface area (Å²) in [5.74, 6) is 1.60. The number of fused-ring (bicyclic) bond motifs is 1. The Bertz CT molecular complexity index is 925. The molecule has 0 aromatic heterocycles. The number of halogens is 1. The highest BCUT2D eigenvalue weighted by Gasteiger charge is 2.22. The molecule has 3 N–H and O–H groups in total. The molecule has 2 aromatic rings. The summed E-state index contributed by atoms with van der Waals surface area (Å²) in [4.78, 5) is 4.59. The Labute approximate surface area is 189 Å². The first-order chi connectivity index (χ1) is 13.4. The van der Waals surface area contributed by atoms with Gasteiger partial charge in [0.1, 0.15) is 11.9 Å². The minimum absolute atomic E-state index is 0. The molecule has 0 fully saturated rings. The lowest BCUT2D eigenvalue weighted by atomic mass is 10.1. The smallest absolute Gasteiger partial charge is 0.229 e. The van der Waals surface area contributed by atoms with Crippen LogP contribution in [0.3, 0.4) is 0 Å². The number of hydrogen-bond acceptors (Lipinski definition) is 4. The van der Waals surface area contributed by atoms with Gasteiger partial charge in [0.15, 0.2) is 5.96 Å². The van der Waals surface area contributed by atoms with Crippen LogP contribution in [0, 0.1) is 0 Å². The van der Waals surface area contributed by atoms with Crippen molar-refractivity contribution >= 4 is 45.6 Å². The average Bonchev–Trinajstić information content (AvgIpc) is 3.07. The molecule has 9 heteroatoms. The molecule has 1 atom stereocenters. The van der Waals surface area contributed by atoms with E-state index in [2.05, 4.69) is 26.4 Å². The fourth-order valence-corrected chi connectivity index (χ4v) is 3.64. The SMILES string of the molecule is CCNC(=NCc1ccccc1NS(C)(=O)=O)NCC1Cc2ccccc2O1.I. The molecule has 29 heavy (non-hydrogen) atoms. The third-order valence-corrected chi connectivity index (χ3v) is 4.87. The minimum atomic E-state index is -3.34. The summed E-state index contributed by atoms with van der Waals surface area (Å²) in [5, 5.41) is 6.52. The predicted molar refractivity (Wildman–Crippen MR) is 128 cm³/mol. The molecule has 3 rings (SSSR count). The summed E-state index contributed by atoms with van der Waals surface area (Å²) in [6, 6.07) is 15.3. The van der Waals surface area contributed by atoms with Crippen molar-refractivity contribution in [3.05, 3.63) is 59.7 Å². The molecule has 0 bridgehead atoms. The van der Waals surface area contributed by atoms with Crippen LogP contribution >= 0.6 is 24.0 Å². The summed E-state index contributed by atoms with van der Waals surface area (Å²) in [7, 11) is -3.34. The van der Waals surface area contributed by atoms with Crippen LogP contribution in [0.5, 0.6) is 5.75 Å². The number of para-hydroxylation sites is 2.